The van der Waals surface area contributed by atoms with E-state index in [0.29, 0.717) is 6.54 Å². The highest BCUT2D eigenvalue weighted by Crippen LogP contribution is 2.16. The molecule has 2 N–H and O–H groups in total. The second-order valence-corrected chi connectivity index (χ2v) is 5.92. The lowest BCUT2D eigenvalue weighted by atomic mass is 10.1. The highest BCUT2D eigenvalue weighted by atomic mass is 16.5. The molecule has 0 spiro atoms. The molecular weight excluding hydrogens is 294 g/mol. The lowest BCUT2D eigenvalue weighted by Gasteiger charge is -2.34. The summed E-state index contributed by atoms with van der Waals surface area (Å²) in [4.78, 5) is 26.8. The van der Waals surface area contributed by atoms with E-state index in [-0.39, 0.29) is 17.9 Å². The Bertz CT molecular complexity index is 554. The Labute approximate surface area is 137 Å². The fourth-order valence-corrected chi connectivity index (χ4v) is 2.91. The number of para-hydroxylation sites is 1. The highest BCUT2D eigenvalue weighted by Gasteiger charge is 2.29. The summed E-state index contributed by atoms with van der Waals surface area (Å²) in [6, 6.07) is 7.55. The first-order valence-electron chi connectivity index (χ1n) is 8.02. The molecule has 1 atom stereocenters. The zero-order valence-electron chi connectivity index (χ0n) is 14.1. The van der Waals surface area contributed by atoms with Gasteiger partial charge in [0.2, 0.25) is 5.91 Å². The number of hydrogen-bond acceptors (Lipinski definition) is 3. The van der Waals surface area contributed by atoms with Crippen LogP contribution in [0.15, 0.2) is 24.3 Å². The van der Waals surface area contributed by atoms with Crippen molar-refractivity contribution in [2.45, 2.75) is 26.4 Å². The maximum Gasteiger partial charge on any atom is 0.278 e. The molecule has 0 saturated carbocycles. The second-order valence-electron chi connectivity index (χ2n) is 5.92. The van der Waals surface area contributed by atoms with Crippen LogP contribution in [-0.4, -0.2) is 56.0 Å². The third-order valence-corrected chi connectivity index (χ3v) is 4.50. The summed E-state index contributed by atoms with van der Waals surface area (Å²) in [5, 5.41) is 2.98. The van der Waals surface area contributed by atoms with Crippen LogP contribution in [0, 0.1) is 0 Å². The Morgan fingerprint density at radius 2 is 1.96 bits per heavy atom. The van der Waals surface area contributed by atoms with Crippen molar-refractivity contribution in [3.05, 3.63) is 29.8 Å². The van der Waals surface area contributed by atoms with Crippen LogP contribution in [0.5, 0.6) is 5.75 Å². The van der Waals surface area contributed by atoms with Crippen LogP contribution < -0.4 is 15.0 Å². The molecule has 6 nitrogen and oxygen atoms in total. The number of methoxy groups -OCH3 is 1. The molecule has 1 aromatic rings. The van der Waals surface area contributed by atoms with Gasteiger partial charge in [-0.15, -0.1) is 0 Å². The molecule has 2 amide bonds. The van der Waals surface area contributed by atoms with E-state index in [1.807, 2.05) is 36.1 Å². The molecule has 23 heavy (non-hydrogen) atoms. The molecule has 0 aliphatic carbocycles. The predicted octanol–water partition coefficient (Wildman–Crippen LogP) is -0.553. The standard InChI is InChI=1S/C17H25N3O3/c1-13(19-8-10-20(11-9-19)14(2)21)17(22)18-12-15-6-4-5-7-16(15)23-3/h4-7,13H,8-12H2,1-3H3,(H,18,22)/p+1/t13-/m0/s1. The van der Waals surface area contributed by atoms with Crippen LogP contribution in [0.25, 0.3) is 0 Å². The molecule has 1 fully saturated rings. The minimum Gasteiger partial charge on any atom is -0.496 e. The molecule has 126 valence electrons. The molecule has 0 radical (unpaired) electrons. The number of quaternary nitrogens is 1. The van der Waals surface area contributed by atoms with Crippen LogP contribution in [-0.2, 0) is 16.1 Å². The number of benzene rings is 1. The lowest BCUT2D eigenvalue weighted by Crippen LogP contribution is -3.19. The van der Waals surface area contributed by atoms with E-state index in [9.17, 15) is 9.59 Å². The molecule has 1 saturated heterocycles. The number of carbonyl (C=O) groups excluding carboxylic acids is 2. The van der Waals surface area contributed by atoms with Crippen molar-refractivity contribution < 1.29 is 19.2 Å². The predicted molar refractivity (Wildman–Crippen MR) is 87.3 cm³/mol. The van der Waals surface area contributed by atoms with E-state index in [1.165, 1.54) is 4.90 Å². The normalized spacial score (nSPS) is 16.7. The van der Waals surface area contributed by atoms with Crippen molar-refractivity contribution in [3.8, 4) is 5.75 Å². The number of nitrogens with one attached hydrogen (secondary N) is 2. The molecule has 2 rings (SSSR count). The van der Waals surface area contributed by atoms with Gasteiger partial charge in [0, 0.05) is 19.0 Å². The summed E-state index contributed by atoms with van der Waals surface area (Å²) >= 11 is 0. The number of amides is 2. The Balaban J connectivity index is 1.85. The average molecular weight is 320 g/mol. The first kappa shape index (κ1) is 17.3. The Morgan fingerprint density at radius 3 is 2.57 bits per heavy atom. The van der Waals surface area contributed by atoms with Gasteiger partial charge in [0.25, 0.3) is 5.91 Å². The zero-order chi connectivity index (χ0) is 16.8. The molecule has 0 unspecified atom stereocenters. The van der Waals surface area contributed by atoms with Crippen molar-refractivity contribution in [2.24, 2.45) is 0 Å². The van der Waals surface area contributed by atoms with Crippen LogP contribution >= 0.6 is 0 Å². The Hall–Kier alpha value is -2.08. The van der Waals surface area contributed by atoms with Gasteiger partial charge >= 0.3 is 0 Å². The summed E-state index contributed by atoms with van der Waals surface area (Å²) in [5.74, 6) is 0.919. The van der Waals surface area contributed by atoms with E-state index in [4.69, 9.17) is 4.74 Å². The van der Waals surface area contributed by atoms with Gasteiger partial charge in [-0.2, -0.15) is 0 Å². The summed E-state index contributed by atoms with van der Waals surface area (Å²) < 4.78 is 5.29. The minimum absolute atomic E-state index is 0.0298. The summed E-state index contributed by atoms with van der Waals surface area (Å²) in [7, 11) is 1.63. The van der Waals surface area contributed by atoms with Crippen LogP contribution in [0.3, 0.4) is 0 Å². The van der Waals surface area contributed by atoms with Gasteiger partial charge in [-0.3, -0.25) is 9.59 Å². The van der Waals surface area contributed by atoms with E-state index >= 15 is 0 Å². The fraction of sp³-hybridized carbons (Fsp3) is 0.529. The molecule has 1 heterocycles. The smallest absolute Gasteiger partial charge is 0.278 e. The Kier molecular flexibility index (Phi) is 5.98. The fourth-order valence-electron chi connectivity index (χ4n) is 2.91. The van der Waals surface area contributed by atoms with E-state index in [1.54, 1.807) is 14.0 Å². The first-order chi connectivity index (χ1) is 11.0. The summed E-state index contributed by atoms with van der Waals surface area (Å²) in [5.41, 5.74) is 0.965. The Morgan fingerprint density at radius 1 is 1.30 bits per heavy atom. The van der Waals surface area contributed by atoms with Crippen molar-refractivity contribution in [1.29, 1.82) is 0 Å². The molecule has 1 aliphatic heterocycles. The van der Waals surface area contributed by atoms with Gasteiger partial charge < -0.3 is 19.9 Å². The van der Waals surface area contributed by atoms with Crippen molar-refractivity contribution in [1.82, 2.24) is 10.2 Å². The van der Waals surface area contributed by atoms with Crippen molar-refractivity contribution in [2.75, 3.05) is 33.3 Å². The van der Waals surface area contributed by atoms with Crippen LogP contribution in [0.1, 0.15) is 19.4 Å². The van der Waals surface area contributed by atoms with Gasteiger partial charge in [-0.25, -0.2) is 0 Å². The number of hydrogen-bond donors (Lipinski definition) is 2. The highest BCUT2D eigenvalue weighted by molar-refractivity contribution is 5.80. The first-order valence-corrected chi connectivity index (χ1v) is 8.02. The molecule has 0 aromatic heterocycles. The van der Waals surface area contributed by atoms with E-state index < -0.39 is 0 Å². The number of carbonyl (C=O) groups is 2. The molecule has 0 bridgehead atoms. The number of rotatable bonds is 5. The summed E-state index contributed by atoms with van der Waals surface area (Å²) in [6.45, 7) is 7.04. The number of piperazine rings is 1. The van der Waals surface area contributed by atoms with Gasteiger partial charge in [0.1, 0.15) is 5.75 Å². The lowest BCUT2D eigenvalue weighted by molar-refractivity contribution is -0.918. The van der Waals surface area contributed by atoms with Crippen molar-refractivity contribution in [3.63, 3.8) is 0 Å². The monoisotopic (exact) mass is 320 g/mol. The topological polar surface area (TPSA) is 63.1 Å². The van der Waals surface area contributed by atoms with Crippen molar-refractivity contribution >= 4 is 11.8 Å². The number of nitrogens with zero attached hydrogens (tertiary/aromatic N) is 1. The van der Waals surface area contributed by atoms with Gasteiger partial charge in [-0.1, -0.05) is 18.2 Å². The molecule has 6 heteroatoms. The zero-order valence-corrected chi connectivity index (χ0v) is 14.1. The molecule has 1 aliphatic rings. The van der Waals surface area contributed by atoms with E-state index in [2.05, 4.69) is 5.32 Å². The molecular formula is C17H26N3O3+. The second kappa shape index (κ2) is 7.97. The van der Waals surface area contributed by atoms with E-state index in [0.717, 1.165) is 37.5 Å². The van der Waals surface area contributed by atoms with Gasteiger partial charge in [0.05, 0.1) is 33.3 Å². The van der Waals surface area contributed by atoms with Crippen LogP contribution in [0.2, 0.25) is 0 Å². The average Bonchev–Trinajstić information content (AvgIpc) is 2.59. The van der Waals surface area contributed by atoms with Gasteiger partial charge in [0.15, 0.2) is 6.04 Å². The minimum atomic E-state index is -0.126. The quantitative estimate of drug-likeness (QED) is 0.765. The number of ether oxygens (including phenoxy) is 1. The third-order valence-electron chi connectivity index (χ3n) is 4.50. The maximum absolute atomic E-state index is 12.4. The third kappa shape index (κ3) is 4.45. The molecule has 1 aromatic carbocycles. The van der Waals surface area contributed by atoms with Gasteiger partial charge in [-0.05, 0) is 13.0 Å². The van der Waals surface area contributed by atoms with Crippen LogP contribution in [0.4, 0.5) is 0 Å². The SMILES string of the molecule is COc1ccccc1CNC(=O)[C@H](C)[NH+]1CCN(C(C)=O)CC1. The summed E-state index contributed by atoms with van der Waals surface area (Å²) in [6.07, 6.45) is 0. The maximum atomic E-state index is 12.4. The largest absolute Gasteiger partial charge is 0.496 e.